The predicted molar refractivity (Wildman–Crippen MR) is 126 cm³/mol. The highest BCUT2D eigenvalue weighted by molar-refractivity contribution is 5.73. The number of ether oxygens (including phenoxy) is 1. The molecule has 5 heteroatoms. The fourth-order valence-electron chi connectivity index (χ4n) is 3.26. The molecule has 1 unspecified atom stereocenters. The molecule has 0 aliphatic rings. The molecule has 0 aliphatic heterocycles. The molecule has 5 nitrogen and oxygen atoms in total. The van der Waals surface area contributed by atoms with Crippen molar-refractivity contribution in [1.29, 1.82) is 0 Å². The standard InChI is InChI=1S/C16H16O4.C9H13N.C2H6/c1-20-16(14(17)15(18)19,12-8-4-2-5-9-12)13-10-6-3-7-11-13;1-7-3-5-9(6-4-7)8(2)10;1-2/h2-11,14,17H,1H3,(H,18,19);3-6,8H,10H2,1-2H3;1-2H3/t14-;;/m1../s1. The number of hydrogen-bond donors (Lipinski definition) is 2. The van der Waals surface area contributed by atoms with Crippen LogP contribution in [-0.2, 0) is 15.1 Å². The number of quaternary nitrogens is 1. The zero-order valence-corrected chi connectivity index (χ0v) is 19.6. The minimum Gasteiger partial charge on any atom is -0.547 e. The van der Waals surface area contributed by atoms with E-state index in [9.17, 15) is 15.0 Å². The molecule has 172 valence electrons. The zero-order chi connectivity index (χ0) is 24.1. The topological polar surface area (TPSA) is 97.2 Å². The Morgan fingerprint density at radius 1 is 0.906 bits per heavy atom. The maximum Gasteiger partial charge on any atom is 0.149 e. The summed E-state index contributed by atoms with van der Waals surface area (Å²) in [5.41, 5.74) is 6.15. The van der Waals surface area contributed by atoms with E-state index in [2.05, 4.69) is 43.8 Å². The first-order valence-electron chi connectivity index (χ1n) is 10.8. The summed E-state index contributed by atoms with van der Waals surface area (Å²) in [5.74, 6) is -1.58. The number of aliphatic carboxylic acids is 1. The van der Waals surface area contributed by atoms with Crippen LogP contribution < -0.4 is 10.8 Å². The van der Waals surface area contributed by atoms with E-state index in [0.29, 0.717) is 17.2 Å². The Balaban J connectivity index is 0.000000358. The number of aliphatic hydroxyl groups is 1. The lowest BCUT2D eigenvalue weighted by molar-refractivity contribution is -0.420. The average Bonchev–Trinajstić information content (AvgIpc) is 2.83. The molecule has 3 rings (SSSR count). The number of benzene rings is 3. The first kappa shape index (κ1) is 27.0. The van der Waals surface area contributed by atoms with Crippen molar-refractivity contribution >= 4 is 5.97 Å². The third-order valence-electron chi connectivity index (χ3n) is 4.98. The fraction of sp³-hybridized carbons (Fsp3) is 0.296. The molecule has 0 saturated heterocycles. The Hall–Kier alpha value is -2.99. The van der Waals surface area contributed by atoms with Crippen LogP contribution in [0.3, 0.4) is 0 Å². The van der Waals surface area contributed by atoms with E-state index in [4.69, 9.17) is 4.74 Å². The fourth-order valence-corrected chi connectivity index (χ4v) is 3.26. The third-order valence-corrected chi connectivity index (χ3v) is 4.98. The van der Waals surface area contributed by atoms with Crippen molar-refractivity contribution in [3.8, 4) is 0 Å². The number of carbonyl (C=O) groups excluding carboxylic acids is 1. The summed E-state index contributed by atoms with van der Waals surface area (Å²) in [7, 11) is 1.37. The third kappa shape index (κ3) is 6.76. The summed E-state index contributed by atoms with van der Waals surface area (Å²) in [5, 5.41) is 21.4. The van der Waals surface area contributed by atoms with E-state index in [1.165, 1.54) is 18.2 Å². The van der Waals surface area contributed by atoms with Gasteiger partial charge >= 0.3 is 0 Å². The minimum absolute atomic E-state index is 0.403. The summed E-state index contributed by atoms with van der Waals surface area (Å²) in [6, 6.07) is 26.4. The Labute approximate surface area is 191 Å². The first-order chi connectivity index (χ1) is 15.3. The molecule has 0 spiro atoms. The second-order valence-corrected chi connectivity index (χ2v) is 7.21. The number of carboxylic acids is 1. The molecule has 0 fully saturated rings. The molecule has 0 aromatic heterocycles. The van der Waals surface area contributed by atoms with Gasteiger partial charge in [-0.15, -0.1) is 0 Å². The Kier molecular flexibility index (Phi) is 11.3. The van der Waals surface area contributed by atoms with Gasteiger partial charge in [0.05, 0.1) is 5.97 Å². The van der Waals surface area contributed by atoms with Crippen LogP contribution in [0.4, 0.5) is 0 Å². The van der Waals surface area contributed by atoms with Crippen molar-refractivity contribution in [2.45, 2.75) is 45.4 Å². The van der Waals surface area contributed by atoms with E-state index >= 15 is 0 Å². The number of hydrogen-bond acceptors (Lipinski definition) is 4. The molecular weight excluding hydrogens is 402 g/mol. The lowest BCUT2D eigenvalue weighted by atomic mass is 9.81. The second kappa shape index (κ2) is 13.4. The van der Waals surface area contributed by atoms with Crippen molar-refractivity contribution in [2.75, 3.05) is 7.11 Å². The molecule has 4 N–H and O–H groups in total. The SMILES string of the molecule is CC.COC(c1ccccc1)(c1ccccc1)[C@H](O)C(=O)[O-].Cc1ccc(C(C)[NH3+])cc1. The molecule has 32 heavy (non-hydrogen) atoms. The number of methoxy groups -OCH3 is 1. The number of rotatable bonds is 6. The molecule has 0 amide bonds. The van der Waals surface area contributed by atoms with Gasteiger partial charge in [0.25, 0.3) is 0 Å². The normalized spacial score (nSPS) is 12.3. The van der Waals surface area contributed by atoms with Crippen LogP contribution in [0, 0.1) is 6.92 Å². The van der Waals surface area contributed by atoms with E-state index < -0.39 is 17.7 Å². The van der Waals surface area contributed by atoms with E-state index in [0.717, 1.165) is 0 Å². The molecule has 0 aliphatic carbocycles. The second-order valence-electron chi connectivity index (χ2n) is 7.21. The molecule has 0 saturated carbocycles. The zero-order valence-electron chi connectivity index (χ0n) is 19.6. The van der Waals surface area contributed by atoms with Gasteiger partial charge in [-0.3, -0.25) is 0 Å². The average molecular weight is 438 g/mol. The quantitative estimate of drug-likeness (QED) is 0.619. The van der Waals surface area contributed by atoms with Gasteiger partial charge in [-0.25, -0.2) is 0 Å². The molecule has 3 aromatic carbocycles. The number of aliphatic hydroxyl groups excluding tert-OH is 1. The molecule has 0 bridgehead atoms. The van der Waals surface area contributed by atoms with Crippen LogP contribution in [0.5, 0.6) is 0 Å². The van der Waals surface area contributed by atoms with Gasteiger partial charge in [-0.2, -0.15) is 0 Å². The van der Waals surface area contributed by atoms with Gasteiger partial charge in [-0.05, 0) is 25.0 Å². The number of aryl methyl sites for hydroxylation is 1. The Morgan fingerprint density at radius 2 is 1.31 bits per heavy atom. The Bertz CT molecular complexity index is 870. The van der Waals surface area contributed by atoms with Crippen LogP contribution in [-0.4, -0.2) is 24.3 Å². The van der Waals surface area contributed by atoms with Crippen molar-refractivity contribution in [1.82, 2.24) is 0 Å². The van der Waals surface area contributed by atoms with Gasteiger partial charge in [0.1, 0.15) is 17.7 Å². The smallest absolute Gasteiger partial charge is 0.149 e. The highest BCUT2D eigenvalue weighted by Gasteiger charge is 2.42. The van der Waals surface area contributed by atoms with Crippen LogP contribution in [0.25, 0.3) is 0 Å². The molecule has 2 atom stereocenters. The molecular formula is C27H35NO4. The van der Waals surface area contributed by atoms with Crippen LogP contribution >= 0.6 is 0 Å². The van der Waals surface area contributed by atoms with Gasteiger partial charge in [0, 0.05) is 12.7 Å². The van der Waals surface area contributed by atoms with E-state index in [1.807, 2.05) is 13.8 Å². The lowest BCUT2D eigenvalue weighted by Crippen LogP contribution is -2.52. The monoisotopic (exact) mass is 437 g/mol. The highest BCUT2D eigenvalue weighted by Crippen LogP contribution is 2.36. The lowest BCUT2D eigenvalue weighted by Gasteiger charge is -2.38. The highest BCUT2D eigenvalue weighted by atomic mass is 16.5. The maximum atomic E-state index is 11.2. The summed E-state index contributed by atoms with van der Waals surface area (Å²) in [6.45, 7) is 8.20. The van der Waals surface area contributed by atoms with Crippen LogP contribution in [0.1, 0.15) is 49.1 Å². The van der Waals surface area contributed by atoms with E-state index in [1.54, 1.807) is 60.7 Å². The molecule has 0 radical (unpaired) electrons. The maximum absolute atomic E-state index is 11.2. The first-order valence-corrected chi connectivity index (χ1v) is 10.8. The van der Waals surface area contributed by atoms with Crippen molar-refractivity contribution in [3.63, 3.8) is 0 Å². The van der Waals surface area contributed by atoms with Crippen molar-refractivity contribution in [2.24, 2.45) is 0 Å². The van der Waals surface area contributed by atoms with Crippen molar-refractivity contribution < 1.29 is 25.5 Å². The largest absolute Gasteiger partial charge is 0.547 e. The summed E-state index contributed by atoms with van der Waals surface area (Å²) >= 11 is 0. The van der Waals surface area contributed by atoms with Crippen molar-refractivity contribution in [3.05, 3.63) is 107 Å². The molecule has 0 heterocycles. The van der Waals surface area contributed by atoms with Crippen LogP contribution in [0.15, 0.2) is 84.9 Å². The summed E-state index contributed by atoms with van der Waals surface area (Å²) in [6.07, 6.45) is -1.82. The predicted octanol–water partition coefficient (Wildman–Crippen LogP) is 3.01. The minimum atomic E-state index is -1.82. The van der Waals surface area contributed by atoms with Gasteiger partial charge in [-0.1, -0.05) is 104 Å². The van der Waals surface area contributed by atoms with Gasteiger partial charge in [0.15, 0.2) is 0 Å². The Morgan fingerprint density at radius 3 is 1.62 bits per heavy atom. The summed E-state index contributed by atoms with van der Waals surface area (Å²) < 4.78 is 5.46. The number of carboxylic acid groups (broad SMARTS) is 1. The molecule has 3 aromatic rings. The van der Waals surface area contributed by atoms with E-state index in [-0.39, 0.29) is 0 Å². The summed E-state index contributed by atoms with van der Waals surface area (Å²) in [4.78, 5) is 11.2. The number of carbonyl (C=O) groups is 1. The van der Waals surface area contributed by atoms with Gasteiger partial charge in [0.2, 0.25) is 0 Å². The van der Waals surface area contributed by atoms with Crippen LogP contribution in [0.2, 0.25) is 0 Å². The van der Waals surface area contributed by atoms with Gasteiger partial charge < -0.3 is 25.5 Å².